The maximum atomic E-state index is 12.8. The first-order valence-electron chi connectivity index (χ1n) is 9.44. The number of ether oxygens (including phenoxy) is 1. The topological polar surface area (TPSA) is 58.6 Å². The summed E-state index contributed by atoms with van der Waals surface area (Å²) in [5.41, 5.74) is 2.43. The largest absolute Gasteiger partial charge is 0.494 e. The van der Waals surface area contributed by atoms with E-state index in [4.69, 9.17) is 4.74 Å². The van der Waals surface area contributed by atoms with Crippen molar-refractivity contribution in [2.45, 2.75) is 19.9 Å². The first kappa shape index (κ1) is 18.0. The van der Waals surface area contributed by atoms with Gasteiger partial charge in [0.1, 0.15) is 12.3 Å². The molecule has 0 unspecified atom stereocenters. The summed E-state index contributed by atoms with van der Waals surface area (Å²) in [5.74, 6) is 0.480. The fraction of sp³-hybridized carbons (Fsp3) is 0.217. The van der Waals surface area contributed by atoms with Gasteiger partial charge in [-0.15, -0.1) is 0 Å². The van der Waals surface area contributed by atoms with Crippen LogP contribution in [-0.4, -0.2) is 25.0 Å². The van der Waals surface area contributed by atoms with Gasteiger partial charge in [-0.3, -0.25) is 14.5 Å². The zero-order chi connectivity index (χ0) is 19.7. The van der Waals surface area contributed by atoms with Crippen molar-refractivity contribution in [1.82, 2.24) is 5.32 Å². The van der Waals surface area contributed by atoms with Crippen molar-refractivity contribution in [3.05, 3.63) is 71.8 Å². The molecule has 5 nitrogen and oxygen atoms in total. The number of hydrogen-bond acceptors (Lipinski definition) is 3. The summed E-state index contributed by atoms with van der Waals surface area (Å²) < 4.78 is 5.45. The summed E-state index contributed by atoms with van der Waals surface area (Å²) >= 11 is 0. The van der Waals surface area contributed by atoms with E-state index < -0.39 is 0 Å². The number of carbonyl (C=O) groups is 2. The molecule has 2 amide bonds. The molecule has 1 N–H and O–H groups in total. The van der Waals surface area contributed by atoms with Crippen LogP contribution in [0.1, 0.15) is 35.8 Å². The third-order valence-electron chi connectivity index (χ3n) is 5.02. The van der Waals surface area contributed by atoms with Crippen LogP contribution in [0.3, 0.4) is 0 Å². The SMILES string of the molecule is CCOc1ccc([C@@H](C)NC(=O)CN2C(=O)c3cccc4cccc2c34)cc1. The van der Waals surface area contributed by atoms with Gasteiger partial charge in [-0.2, -0.15) is 0 Å². The van der Waals surface area contributed by atoms with Crippen molar-refractivity contribution in [2.75, 3.05) is 18.1 Å². The third kappa shape index (κ3) is 3.20. The van der Waals surface area contributed by atoms with E-state index in [9.17, 15) is 9.59 Å². The Balaban J connectivity index is 1.47. The van der Waals surface area contributed by atoms with Crippen molar-refractivity contribution >= 4 is 28.3 Å². The average Bonchev–Trinajstić information content (AvgIpc) is 2.97. The van der Waals surface area contributed by atoms with E-state index >= 15 is 0 Å². The Kier molecular flexibility index (Phi) is 4.74. The molecule has 0 saturated carbocycles. The van der Waals surface area contributed by atoms with Crippen molar-refractivity contribution in [3.63, 3.8) is 0 Å². The fourth-order valence-electron chi connectivity index (χ4n) is 3.67. The summed E-state index contributed by atoms with van der Waals surface area (Å²) in [6.07, 6.45) is 0. The molecule has 0 spiro atoms. The van der Waals surface area contributed by atoms with Crippen LogP contribution in [-0.2, 0) is 4.79 Å². The lowest BCUT2D eigenvalue weighted by atomic mass is 10.1. The molecule has 1 atom stereocenters. The molecule has 1 aliphatic heterocycles. The van der Waals surface area contributed by atoms with E-state index in [1.54, 1.807) is 4.90 Å². The highest BCUT2D eigenvalue weighted by atomic mass is 16.5. The summed E-state index contributed by atoms with van der Waals surface area (Å²) in [6.45, 7) is 4.47. The van der Waals surface area contributed by atoms with Gasteiger partial charge in [-0.05, 0) is 49.1 Å². The highest BCUT2D eigenvalue weighted by molar-refractivity contribution is 6.26. The minimum absolute atomic E-state index is 0.00596. The minimum atomic E-state index is -0.195. The normalized spacial score (nSPS) is 13.6. The van der Waals surface area contributed by atoms with Crippen LogP contribution in [0.2, 0.25) is 0 Å². The highest BCUT2D eigenvalue weighted by Crippen LogP contribution is 2.36. The molecule has 0 radical (unpaired) electrons. The summed E-state index contributed by atoms with van der Waals surface area (Å²) in [7, 11) is 0. The number of nitrogens with one attached hydrogen (secondary N) is 1. The molecule has 0 fully saturated rings. The van der Waals surface area contributed by atoms with Crippen molar-refractivity contribution in [2.24, 2.45) is 0 Å². The molecule has 5 heteroatoms. The number of carbonyl (C=O) groups excluding carboxylic acids is 2. The van der Waals surface area contributed by atoms with Gasteiger partial charge in [0, 0.05) is 10.9 Å². The second-order valence-electron chi connectivity index (χ2n) is 6.86. The van der Waals surface area contributed by atoms with Crippen LogP contribution in [0.15, 0.2) is 60.7 Å². The maximum absolute atomic E-state index is 12.8. The average molecular weight is 374 g/mol. The summed E-state index contributed by atoms with van der Waals surface area (Å²) in [5, 5.41) is 4.91. The van der Waals surface area contributed by atoms with Gasteiger partial charge in [0.15, 0.2) is 0 Å². The zero-order valence-corrected chi connectivity index (χ0v) is 15.9. The minimum Gasteiger partial charge on any atom is -0.494 e. The van der Waals surface area contributed by atoms with Gasteiger partial charge in [0.25, 0.3) is 5.91 Å². The van der Waals surface area contributed by atoms with E-state index in [0.29, 0.717) is 12.2 Å². The van der Waals surface area contributed by atoms with Crippen LogP contribution in [0.5, 0.6) is 5.75 Å². The quantitative estimate of drug-likeness (QED) is 0.707. The smallest absolute Gasteiger partial charge is 0.259 e. The van der Waals surface area contributed by atoms with E-state index in [-0.39, 0.29) is 24.4 Å². The van der Waals surface area contributed by atoms with E-state index in [2.05, 4.69) is 5.32 Å². The Morgan fingerprint density at radius 2 is 1.79 bits per heavy atom. The number of amides is 2. The monoisotopic (exact) mass is 374 g/mol. The van der Waals surface area contributed by atoms with E-state index in [1.165, 1.54) is 0 Å². The lowest BCUT2D eigenvalue weighted by Gasteiger charge is -2.20. The first-order valence-corrected chi connectivity index (χ1v) is 9.44. The van der Waals surface area contributed by atoms with Gasteiger partial charge in [0.05, 0.1) is 18.3 Å². The van der Waals surface area contributed by atoms with E-state index in [0.717, 1.165) is 27.8 Å². The molecule has 1 heterocycles. The van der Waals surface area contributed by atoms with E-state index in [1.807, 2.05) is 74.5 Å². The molecule has 0 aliphatic carbocycles. The second kappa shape index (κ2) is 7.35. The standard InChI is InChI=1S/C23H22N2O3/c1-3-28-18-12-10-16(11-13-18)15(2)24-21(26)14-25-20-9-5-7-17-6-4-8-19(22(17)20)23(25)27/h4-13,15H,3,14H2,1-2H3,(H,24,26)/t15-/m1/s1. The molecule has 1 aliphatic rings. The third-order valence-corrected chi connectivity index (χ3v) is 5.02. The molecular weight excluding hydrogens is 352 g/mol. The molecule has 142 valence electrons. The summed E-state index contributed by atoms with van der Waals surface area (Å²) in [6, 6.07) is 18.9. The van der Waals surface area contributed by atoms with Crippen molar-refractivity contribution in [1.29, 1.82) is 0 Å². The van der Waals surface area contributed by atoms with Crippen LogP contribution < -0.4 is 15.0 Å². The van der Waals surface area contributed by atoms with Crippen LogP contribution >= 0.6 is 0 Å². The predicted molar refractivity (Wildman–Crippen MR) is 110 cm³/mol. The van der Waals surface area contributed by atoms with Crippen LogP contribution in [0, 0.1) is 0 Å². The molecule has 0 bridgehead atoms. The molecule has 3 aromatic rings. The molecule has 28 heavy (non-hydrogen) atoms. The molecular formula is C23H22N2O3. The lowest BCUT2D eigenvalue weighted by molar-refractivity contribution is -0.120. The fourth-order valence-corrected chi connectivity index (χ4v) is 3.67. The Labute approximate surface area is 163 Å². The lowest BCUT2D eigenvalue weighted by Crippen LogP contribution is -2.39. The van der Waals surface area contributed by atoms with Gasteiger partial charge >= 0.3 is 0 Å². The van der Waals surface area contributed by atoms with Gasteiger partial charge in [-0.1, -0.05) is 36.4 Å². The molecule has 4 rings (SSSR count). The molecule has 0 saturated heterocycles. The number of benzene rings is 3. The summed E-state index contributed by atoms with van der Waals surface area (Å²) in [4.78, 5) is 27.0. The number of hydrogen-bond donors (Lipinski definition) is 1. The van der Waals surface area contributed by atoms with Gasteiger partial charge in [-0.25, -0.2) is 0 Å². The zero-order valence-electron chi connectivity index (χ0n) is 15.9. The van der Waals surface area contributed by atoms with Gasteiger partial charge in [0.2, 0.25) is 5.91 Å². The number of nitrogens with zero attached hydrogens (tertiary/aromatic N) is 1. The van der Waals surface area contributed by atoms with Crippen molar-refractivity contribution < 1.29 is 14.3 Å². The van der Waals surface area contributed by atoms with Crippen molar-refractivity contribution in [3.8, 4) is 5.75 Å². The van der Waals surface area contributed by atoms with Gasteiger partial charge < -0.3 is 10.1 Å². The number of anilines is 1. The van der Waals surface area contributed by atoms with Crippen LogP contribution in [0.25, 0.3) is 10.8 Å². The second-order valence-corrected chi connectivity index (χ2v) is 6.86. The highest BCUT2D eigenvalue weighted by Gasteiger charge is 2.31. The number of rotatable bonds is 6. The Morgan fingerprint density at radius 3 is 2.50 bits per heavy atom. The van der Waals surface area contributed by atoms with Crippen LogP contribution in [0.4, 0.5) is 5.69 Å². The predicted octanol–water partition coefficient (Wildman–Crippen LogP) is 4.08. The molecule has 0 aromatic heterocycles. The Bertz CT molecular complexity index is 1040. The maximum Gasteiger partial charge on any atom is 0.259 e. The molecule has 3 aromatic carbocycles. The Morgan fingerprint density at radius 1 is 1.07 bits per heavy atom. The first-order chi connectivity index (χ1) is 13.6. The Hall–Kier alpha value is -3.34.